The van der Waals surface area contributed by atoms with Gasteiger partial charge in [0.05, 0.1) is 5.69 Å². The summed E-state index contributed by atoms with van der Waals surface area (Å²) in [4.78, 5) is 4.34. The van der Waals surface area contributed by atoms with Gasteiger partial charge in [0.1, 0.15) is 5.76 Å². The van der Waals surface area contributed by atoms with Crippen molar-refractivity contribution in [3.05, 3.63) is 11.5 Å². The van der Waals surface area contributed by atoms with Gasteiger partial charge in [-0.15, -0.1) is 0 Å². The monoisotopic (exact) mass is 242 g/mol. The highest BCUT2D eigenvalue weighted by Crippen LogP contribution is 2.20. The maximum Gasteiger partial charge on any atom is 0.256 e. The fourth-order valence-corrected chi connectivity index (χ4v) is 2.23. The minimum absolute atomic E-state index is 0.816. The second-order valence-corrected chi connectivity index (χ2v) is 4.97. The molecule has 0 aliphatic heterocycles. The Kier molecular flexibility index (Phi) is 6.57. The van der Waals surface area contributed by atoms with E-state index in [4.69, 9.17) is 4.42 Å². The third-order valence-corrected chi connectivity index (χ3v) is 3.32. The molecule has 0 spiro atoms. The lowest BCUT2D eigenvalue weighted by atomic mass is 10.3. The van der Waals surface area contributed by atoms with Crippen LogP contribution in [0.15, 0.2) is 9.64 Å². The number of oxazole rings is 1. The first kappa shape index (κ1) is 13.6. The van der Waals surface area contributed by atoms with Crippen LogP contribution in [0.5, 0.6) is 0 Å². The number of thioether (sulfide) groups is 1. The molecule has 0 bridgehead atoms. The maximum absolute atomic E-state index is 5.50. The van der Waals surface area contributed by atoms with Crippen molar-refractivity contribution >= 4 is 11.8 Å². The Morgan fingerprint density at radius 1 is 1.25 bits per heavy atom. The van der Waals surface area contributed by atoms with E-state index in [0.717, 1.165) is 35.5 Å². The van der Waals surface area contributed by atoms with Gasteiger partial charge in [-0.25, -0.2) is 4.98 Å². The van der Waals surface area contributed by atoms with Crippen LogP contribution in [0.1, 0.15) is 37.6 Å². The molecule has 0 saturated heterocycles. The van der Waals surface area contributed by atoms with Gasteiger partial charge < -0.3 is 9.73 Å². The first-order valence-corrected chi connectivity index (χ1v) is 7.00. The van der Waals surface area contributed by atoms with Crippen molar-refractivity contribution in [3.63, 3.8) is 0 Å². The zero-order chi connectivity index (χ0) is 11.8. The molecule has 1 rings (SSSR count). The molecule has 0 atom stereocenters. The molecule has 3 nitrogen and oxygen atoms in total. The summed E-state index contributed by atoms with van der Waals surface area (Å²) in [5, 5.41) is 4.21. The summed E-state index contributed by atoms with van der Waals surface area (Å²) < 4.78 is 5.50. The molecule has 0 fully saturated rings. The van der Waals surface area contributed by atoms with Crippen molar-refractivity contribution in [3.8, 4) is 0 Å². The van der Waals surface area contributed by atoms with Crippen LogP contribution >= 0.6 is 11.8 Å². The summed E-state index contributed by atoms with van der Waals surface area (Å²) >= 11 is 1.71. The normalized spacial score (nSPS) is 10.9. The Balaban J connectivity index is 2.03. The van der Waals surface area contributed by atoms with Gasteiger partial charge in [-0.1, -0.05) is 18.7 Å². The molecule has 16 heavy (non-hydrogen) atoms. The van der Waals surface area contributed by atoms with E-state index in [2.05, 4.69) is 17.2 Å². The molecule has 1 N–H and O–H groups in total. The van der Waals surface area contributed by atoms with E-state index in [1.165, 1.54) is 19.3 Å². The summed E-state index contributed by atoms with van der Waals surface area (Å²) in [6.45, 7) is 8.39. The third-order valence-electron chi connectivity index (χ3n) is 2.41. The van der Waals surface area contributed by atoms with Crippen LogP contribution in [0.2, 0.25) is 0 Å². The second kappa shape index (κ2) is 7.74. The summed E-state index contributed by atoms with van der Waals surface area (Å²) in [6.07, 6.45) is 3.65. The minimum atomic E-state index is 0.816. The largest absolute Gasteiger partial charge is 0.437 e. The van der Waals surface area contributed by atoms with Crippen LogP contribution in [0, 0.1) is 13.8 Å². The lowest BCUT2D eigenvalue weighted by Gasteiger charge is -2.01. The van der Waals surface area contributed by atoms with Gasteiger partial charge in [0.25, 0.3) is 5.22 Å². The highest BCUT2D eigenvalue weighted by atomic mass is 32.2. The molecule has 1 aromatic rings. The molecule has 0 unspecified atom stereocenters. The molecule has 1 heterocycles. The summed E-state index contributed by atoms with van der Waals surface area (Å²) in [6, 6.07) is 0. The molecule has 1 aromatic heterocycles. The van der Waals surface area contributed by atoms with Gasteiger partial charge >= 0.3 is 0 Å². The van der Waals surface area contributed by atoms with Crippen LogP contribution in [0.4, 0.5) is 0 Å². The van der Waals surface area contributed by atoms with E-state index >= 15 is 0 Å². The fourth-order valence-electron chi connectivity index (χ4n) is 1.32. The van der Waals surface area contributed by atoms with E-state index in [0.29, 0.717) is 0 Å². The van der Waals surface area contributed by atoms with Crippen molar-refractivity contribution in [1.29, 1.82) is 0 Å². The van der Waals surface area contributed by atoms with Gasteiger partial charge in [-0.2, -0.15) is 0 Å². The van der Waals surface area contributed by atoms with Crippen LogP contribution in [-0.4, -0.2) is 23.8 Å². The van der Waals surface area contributed by atoms with Crippen molar-refractivity contribution in [2.75, 3.05) is 18.8 Å². The number of aromatic nitrogens is 1. The molecular weight excluding hydrogens is 220 g/mol. The van der Waals surface area contributed by atoms with E-state index in [1.54, 1.807) is 11.8 Å². The smallest absolute Gasteiger partial charge is 0.256 e. The molecular formula is C12H22N2OS. The van der Waals surface area contributed by atoms with Gasteiger partial charge in [0, 0.05) is 5.75 Å². The van der Waals surface area contributed by atoms with Crippen molar-refractivity contribution in [1.82, 2.24) is 10.3 Å². The van der Waals surface area contributed by atoms with E-state index in [-0.39, 0.29) is 0 Å². The number of nitrogens with zero attached hydrogens (tertiary/aromatic N) is 1. The topological polar surface area (TPSA) is 38.1 Å². The summed E-state index contributed by atoms with van der Waals surface area (Å²) in [5.41, 5.74) is 1.01. The lowest BCUT2D eigenvalue weighted by molar-refractivity contribution is 0.431. The zero-order valence-electron chi connectivity index (χ0n) is 10.5. The van der Waals surface area contributed by atoms with Gasteiger partial charge in [-0.05, 0) is 46.2 Å². The Morgan fingerprint density at radius 2 is 2.06 bits per heavy atom. The molecule has 0 amide bonds. The van der Waals surface area contributed by atoms with Gasteiger partial charge in [0.2, 0.25) is 0 Å². The van der Waals surface area contributed by atoms with Crippen molar-refractivity contribution in [2.24, 2.45) is 0 Å². The number of rotatable bonds is 8. The third kappa shape index (κ3) is 5.03. The second-order valence-electron chi connectivity index (χ2n) is 3.93. The van der Waals surface area contributed by atoms with E-state index < -0.39 is 0 Å². The van der Waals surface area contributed by atoms with E-state index in [9.17, 15) is 0 Å². The fraction of sp³-hybridized carbons (Fsp3) is 0.750. The molecule has 4 heteroatoms. The number of unbranched alkanes of at least 4 members (excludes halogenated alkanes) is 1. The molecule has 0 aliphatic carbocycles. The standard InChI is InChI=1S/C12H22N2OS/c1-4-7-13-8-5-6-9-16-12-14-10(2)11(3)15-12/h13H,4-9H2,1-3H3. The maximum atomic E-state index is 5.50. The molecule has 0 saturated carbocycles. The van der Waals surface area contributed by atoms with Crippen LogP contribution in [0.25, 0.3) is 0 Å². The van der Waals surface area contributed by atoms with Gasteiger partial charge in [-0.3, -0.25) is 0 Å². The highest BCUT2D eigenvalue weighted by molar-refractivity contribution is 7.99. The molecule has 92 valence electrons. The average Bonchev–Trinajstić information content (AvgIpc) is 2.57. The Morgan fingerprint density at radius 3 is 2.69 bits per heavy atom. The van der Waals surface area contributed by atoms with Gasteiger partial charge in [0.15, 0.2) is 0 Å². The first-order chi connectivity index (χ1) is 7.74. The van der Waals surface area contributed by atoms with Crippen molar-refractivity contribution < 1.29 is 4.42 Å². The highest BCUT2D eigenvalue weighted by Gasteiger charge is 2.04. The van der Waals surface area contributed by atoms with E-state index in [1.807, 2.05) is 13.8 Å². The predicted molar refractivity (Wildman–Crippen MR) is 69.1 cm³/mol. The Hall–Kier alpha value is -0.480. The van der Waals surface area contributed by atoms with Crippen LogP contribution < -0.4 is 5.32 Å². The lowest BCUT2D eigenvalue weighted by Crippen LogP contribution is -2.15. The summed E-state index contributed by atoms with van der Waals surface area (Å²) in [5.74, 6) is 2.03. The molecule has 0 aromatic carbocycles. The Bertz CT molecular complexity index is 280. The minimum Gasteiger partial charge on any atom is -0.437 e. The Labute approximate surface area is 102 Å². The number of aryl methyl sites for hydroxylation is 2. The quantitative estimate of drug-likeness (QED) is 0.561. The molecule has 0 aliphatic rings. The number of nitrogens with one attached hydrogen (secondary N) is 1. The van der Waals surface area contributed by atoms with Crippen molar-refractivity contribution in [2.45, 2.75) is 45.3 Å². The average molecular weight is 242 g/mol. The number of hydrogen-bond acceptors (Lipinski definition) is 4. The SMILES string of the molecule is CCCNCCCCSc1nc(C)c(C)o1. The predicted octanol–water partition coefficient (Wildman–Crippen LogP) is 3.16. The first-order valence-electron chi connectivity index (χ1n) is 6.01. The van der Waals surface area contributed by atoms with Crippen LogP contribution in [0.3, 0.4) is 0 Å². The molecule has 0 radical (unpaired) electrons. The van der Waals surface area contributed by atoms with Crippen LogP contribution in [-0.2, 0) is 0 Å². The summed E-state index contributed by atoms with van der Waals surface area (Å²) in [7, 11) is 0. The number of hydrogen-bond donors (Lipinski definition) is 1. The zero-order valence-corrected chi connectivity index (χ0v) is 11.3.